The second-order valence-corrected chi connectivity index (χ2v) is 8.33. The highest BCUT2D eigenvalue weighted by Crippen LogP contribution is 2.37. The number of hydrogen-bond acceptors (Lipinski definition) is 3. The van der Waals surface area contributed by atoms with Gasteiger partial charge in [-0.2, -0.15) is 13.2 Å². The van der Waals surface area contributed by atoms with Crippen LogP contribution in [0.15, 0.2) is 22.7 Å². The Morgan fingerprint density at radius 3 is 2.30 bits per heavy atom. The highest BCUT2D eigenvalue weighted by Gasteiger charge is 2.35. The minimum Gasteiger partial charge on any atom is -0.444 e. The zero-order valence-electron chi connectivity index (χ0n) is 15.3. The first-order valence-corrected chi connectivity index (χ1v) is 9.31. The Kier molecular flexibility index (Phi) is 6.44. The summed E-state index contributed by atoms with van der Waals surface area (Å²) in [5.41, 5.74) is -1.79. The van der Waals surface area contributed by atoms with Gasteiger partial charge < -0.3 is 15.0 Å². The second-order valence-electron chi connectivity index (χ2n) is 7.42. The van der Waals surface area contributed by atoms with Gasteiger partial charge in [0.2, 0.25) is 5.91 Å². The Morgan fingerprint density at radius 1 is 1.19 bits per heavy atom. The normalized spacial score (nSPS) is 16.2. The number of halogens is 4. The number of rotatable bonds is 2. The van der Waals surface area contributed by atoms with E-state index in [4.69, 9.17) is 4.74 Å². The fraction of sp³-hybridized carbons (Fsp3) is 0.556. The predicted octanol–water partition coefficient (Wildman–Crippen LogP) is 5.05. The van der Waals surface area contributed by atoms with E-state index in [1.165, 1.54) is 17.0 Å². The molecule has 0 saturated carbocycles. The van der Waals surface area contributed by atoms with Crippen molar-refractivity contribution in [3.05, 3.63) is 28.2 Å². The van der Waals surface area contributed by atoms with Crippen molar-refractivity contribution >= 4 is 33.6 Å². The molecule has 27 heavy (non-hydrogen) atoms. The summed E-state index contributed by atoms with van der Waals surface area (Å²) >= 11 is 3.01. The van der Waals surface area contributed by atoms with Crippen LogP contribution in [0.4, 0.5) is 23.7 Å². The summed E-state index contributed by atoms with van der Waals surface area (Å²) in [7, 11) is 0. The maximum Gasteiger partial charge on any atom is 0.418 e. The van der Waals surface area contributed by atoms with Gasteiger partial charge in [0, 0.05) is 23.5 Å². The molecule has 0 spiro atoms. The van der Waals surface area contributed by atoms with Gasteiger partial charge in [0.05, 0.1) is 11.3 Å². The smallest absolute Gasteiger partial charge is 0.418 e. The first kappa shape index (κ1) is 21.5. The van der Waals surface area contributed by atoms with Crippen molar-refractivity contribution in [3.63, 3.8) is 0 Å². The Balaban J connectivity index is 1.99. The van der Waals surface area contributed by atoms with Crippen LogP contribution in [0.1, 0.15) is 39.2 Å². The molecule has 1 aliphatic rings. The molecule has 1 aromatic rings. The molecule has 1 heterocycles. The molecule has 0 bridgehead atoms. The van der Waals surface area contributed by atoms with Crippen LogP contribution >= 0.6 is 15.9 Å². The second kappa shape index (κ2) is 8.08. The number of nitrogens with one attached hydrogen (secondary N) is 1. The third kappa shape index (κ3) is 6.12. The number of benzene rings is 1. The molecule has 1 aliphatic heterocycles. The highest BCUT2D eigenvalue weighted by molar-refractivity contribution is 9.10. The van der Waals surface area contributed by atoms with Crippen LogP contribution in [0.5, 0.6) is 0 Å². The molecule has 0 radical (unpaired) electrons. The molecule has 5 nitrogen and oxygen atoms in total. The molecule has 1 fully saturated rings. The van der Waals surface area contributed by atoms with E-state index in [0.717, 1.165) is 6.07 Å². The lowest BCUT2D eigenvalue weighted by Crippen LogP contribution is -2.43. The summed E-state index contributed by atoms with van der Waals surface area (Å²) in [4.78, 5) is 26.0. The van der Waals surface area contributed by atoms with E-state index in [9.17, 15) is 22.8 Å². The van der Waals surface area contributed by atoms with Crippen LogP contribution in [-0.2, 0) is 15.7 Å². The first-order chi connectivity index (χ1) is 12.4. The van der Waals surface area contributed by atoms with Crippen molar-refractivity contribution < 1.29 is 27.5 Å². The first-order valence-electron chi connectivity index (χ1n) is 8.52. The van der Waals surface area contributed by atoms with Gasteiger partial charge in [0.15, 0.2) is 0 Å². The molecule has 0 unspecified atom stereocenters. The molecule has 2 amide bonds. The number of likely N-dealkylation sites (tertiary alicyclic amines) is 1. The zero-order valence-corrected chi connectivity index (χ0v) is 16.9. The summed E-state index contributed by atoms with van der Waals surface area (Å²) in [5, 5.41) is 2.38. The Morgan fingerprint density at radius 2 is 1.78 bits per heavy atom. The standard InChI is InChI=1S/C18H22BrF3N2O3/c1-17(2,3)27-16(26)24-8-6-11(7-9-24)15(25)23-14-5-4-12(19)10-13(14)18(20,21)22/h4-5,10-11H,6-9H2,1-3H3,(H,23,25). The summed E-state index contributed by atoms with van der Waals surface area (Å²) in [6.45, 7) is 5.93. The number of anilines is 1. The summed E-state index contributed by atoms with van der Waals surface area (Å²) in [6, 6.07) is 3.59. The topological polar surface area (TPSA) is 58.6 Å². The fourth-order valence-electron chi connectivity index (χ4n) is 2.75. The average Bonchev–Trinajstić information content (AvgIpc) is 2.54. The van der Waals surface area contributed by atoms with Gasteiger partial charge in [-0.3, -0.25) is 4.79 Å². The maximum atomic E-state index is 13.2. The van der Waals surface area contributed by atoms with Crippen LogP contribution < -0.4 is 5.32 Å². The van der Waals surface area contributed by atoms with Crippen LogP contribution in [0.25, 0.3) is 0 Å². The third-order valence-electron chi connectivity index (χ3n) is 4.06. The van der Waals surface area contributed by atoms with E-state index < -0.39 is 35.3 Å². The van der Waals surface area contributed by atoms with Gasteiger partial charge in [-0.1, -0.05) is 15.9 Å². The number of hydrogen-bond donors (Lipinski definition) is 1. The molecule has 1 N–H and O–H groups in total. The quantitative estimate of drug-likeness (QED) is 0.685. The lowest BCUT2D eigenvalue weighted by Gasteiger charge is -2.33. The fourth-order valence-corrected chi connectivity index (χ4v) is 3.11. The Bertz CT molecular complexity index is 709. The van der Waals surface area contributed by atoms with E-state index in [2.05, 4.69) is 21.2 Å². The van der Waals surface area contributed by atoms with Gasteiger partial charge in [-0.05, 0) is 51.8 Å². The number of piperidine rings is 1. The Labute approximate surface area is 164 Å². The molecule has 0 aromatic heterocycles. The van der Waals surface area contributed by atoms with Crippen LogP contribution in [0.2, 0.25) is 0 Å². The molecular weight excluding hydrogens is 429 g/mol. The van der Waals surface area contributed by atoms with Crippen molar-refractivity contribution in [1.29, 1.82) is 0 Å². The lowest BCUT2D eigenvalue weighted by molar-refractivity contribution is -0.137. The van der Waals surface area contributed by atoms with Crippen molar-refractivity contribution in [3.8, 4) is 0 Å². The molecule has 1 saturated heterocycles. The zero-order chi connectivity index (χ0) is 20.4. The number of nitrogens with zero attached hydrogens (tertiary/aromatic N) is 1. The van der Waals surface area contributed by atoms with Crippen LogP contribution in [0, 0.1) is 5.92 Å². The van der Waals surface area contributed by atoms with E-state index >= 15 is 0 Å². The lowest BCUT2D eigenvalue weighted by atomic mass is 9.96. The molecule has 150 valence electrons. The van der Waals surface area contributed by atoms with Crippen LogP contribution in [0.3, 0.4) is 0 Å². The van der Waals surface area contributed by atoms with Gasteiger partial charge in [0.1, 0.15) is 5.60 Å². The highest BCUT2D eigenvalue weighted by atomic mass is 79.9. The molecule has 2 rings (SSSR count). The molecule has 0 aliphatic carbocycles. The van der Waals surface area contributed by atoms with E-state index in [-0.39, 0.29) is 10.2 Å². The minimum absolute atomic E-state index is 0.273. The van der Waals surface area contributed by atoms with Gasteiger partial charge in [-0.15, -0.1) is 0 Å². The van der Waals surface area contributed by atoms with Gasteiger partial charge in [-0.25, -0.2) is 4.79 Å². The van der Waals surface area contributed by atoms with Crippen molar-refractivity contribution in [2.75, 3.05) is 18.4 Å². The molecule has 9 heteroatoms. The summed E-state index contributed by atoms with van der Waals surface area (Å²) in [6.07, 6.45) is -4.30. The van der Waals surface area contributed by atoms with Crippen molar-refractivity contribution in [2.45, 2.75) is 45.4 Å². The monoisotopic (exact) mass is 450 g/mol. The Hall–Kier alpha value is -1.77. The number of amides is 2. The largest absolute Gasteiger partial charge is 0.444 e. The van der Waals surface area contributed by atoms with Crippen molar-refractivity contribution in [2.24, 2.45) is 5.92 Å². The van der Waals surface area contributed by atoms with E-state index in [1.807, 2.05) is 0 Å². The van der Waals surface area contributed by atoms with E-state index in [1.54, 1.807) is 20.8 Å². The minimum atomic E-state index is -4.58. The predicted molar refractivity (Wildman–Crippen MR) is 98.3 cm³/mol. The maximum absolute atomic E-state index is 13.2. The number of ether oxygens (including phenoxy) is 1. The van der Waals surface area contributed by atoms with E-state index in [0.29, 0.717) is 25.9 Å². The van der Waals surface area contributed by atoms with Crippen LogP contribution in [-0.4, -0.2) is 35.6 Å². The summed E-state index contributed by atoms with van der Waals surface area (Å²) in [5.74, 6) is -0.944. The van der Waals surface area contributed by atoms with Gasteiger partial charge in [0.25, 0.3) is 0 Å². The SMILES string of the molecule is CC(C)(C)OC(=O)N1CCC(C(=O)Nc2ccc(Br)cc2C(F)(F)F)CC1. The summed E-state index contributed by atoms with van der Waals surface area (Å²) < 4.78 is 45.1. The molecule has 1 aromatic carbocycles. The number of alkyl halides is 3. The number of carbonyl (C=O) groups excluding carboxylic acids is 2. The average molecular weight is 451 g/mol. The molecular formula is C18H22BrF3N2O3. The van der Waals surface area contributed by atoms with Gasteiger partial charge >= 0.3 is 12.3 Å². The van der Waals surface area contributed by atoms with Crippen molar-refractivity contribution in [1.82, 2.24) is 4.90 Å². The number of carbonyl (C=O) groups is 2. The molecule has 0 atom stereocenters. The third-order valence-corrected chi connectivity index (χ3v) is 4.56.